The third kappa shape index (κ3) is 3.17. The van der Waals surface area contributed by atoms with Crippen LogP contribution < -0.4 is 16.8 Å². The first kappa shape index (κ1) is 18.3. The summed E-state index contributed by atoms with van der Waals surface area (Å²) < 4.78 is 1.90. The van der Waals surface area contributed by atoms with Crippen molar-refractivity contribution in [3.8, 4) is 11.3 Å². The third-order valence-electron chi connectivity index (χ3n) is 5.47. The SMILES string of the molecule is Nc1ncnc2c1c(-c1ccc(C(=O)Nc3ccccc3)cc1)nn2C1CC(N)C1. The predicted molar refractivity (Wildman–Crippen MR) is 116 cm³/mol. The topological polar surface area (TPSA) is 125 Å². The normalized spacial score (nSPS) is 18.2. The lowest BCUT2D eigenvalue weighted by molar-refractivity contribution is 0.102. The molecule has 2 aromatic heterocycles. The Hall–Kier alpha value is -3.78. The summed E-state index contributed by atoms with van der Waals surface area (Å²) in [6, 6.07) is 17.0. The summed E-state index contributed by atoms with van der Waals surface area (Å²) in [6.07, 6.45) is 3.17. The Morgan fingerprint density at radius 3 is 2.47 bits per heavy atom. The van der Waals surface area contributed by atoms with E-state index in [4.69, 9.17) is 16.6 Å². The van der Waals surface area contributed by atoms with Crippen molar-refractivity contribution >= 4 is 28.4 Å². The molecule has 8 nitrogen and oxygen atoms in total. The minimum Gasteiger partial charge on any atom is -0.383 e. The number of fused-ring (bicyclic) bond motifs is 1. The van der Waals surface area contributed by atoms with Gasteiger partial charge in [0.15, 0.2) is 5.65 Å². The molecule has 5 rings (SSSR count). The highest BCUT2D eigenvalue weighted by molar-refractivity contribution is 6.05. The molecule has 1 amide bonds. The lowest BCUT2D eigenvalue weighted by atomic mass is 9.88. The van der Waals surface area contributed by atoms with Crippen LogP contribution in [0.4, 0.5) is 11.5 Å². The van der Waals surface area contributed by atoms with Crippen LogP contribution in [0.3, 0.4) is 0 Å². The molecule has 1 saturated carbocycles. The molecular weight excluding hydrogens is 378 g/mol. The van der Waals surface area contributed by atoms with Gasteiger partial charge < -0.3 is 16.8 Å². The van der Waals surface area contributed by atoms with Gasteiger partial charge in [-0.25, -0.2) is 14.6 Å². The van der Waals surface area contributed by atoms with Gasteiger partial charge in [0.2, 0.25) is 0 Å². The lowest BCUT2D eigenvalue weighted by Gasteiger charge is -2.32. The molecule has 0 aliphatic heterocycles. The molecule has 150 valence electrons. The molecule has 0 radical (unpaired) electrons. The van der Waals surface area contributed by atoms with E-state index >= 15 is 0 Å². The van der Waals surface area contributed by atoms with Crippen molar-refractivity contribution in [2.75, 3.05) is 11.1 Å². The predicted octanol–water partition coefficient (Wildman–Crippen LogP) is 2.99. The minimum absolute atomic E-state index is 0.172. The highest BCUT2D eigenvalue weighted by atomic mass is 16.1. The molecule has 1 fully saturated rings. The highest BCUT2D eigenvalue weighted by Crippen LogP contribution is 2.37. The van der Waals surface area contributed by atoms with Gasteiger partial charge in [-0.15, -0.1) is 0 Å². The Bertz CT molecular complexity index is 1210. The van der Waals surface area contributed by atoms with Crippen molar-refractivity contribution in [2.24, 2.45) is 5.73 Å². The number of para-hydroxylation sites is 1. The number of anilines is 2. The number of nitrogen functional groups attached to an aromatic ring is 1. The summed E-state index contributed by atoms with van der Waals surface area (Å²) >= 11 is 0. The molecule has 0 bridgehead atoms. The van der Waals surface area contributed by atoms with Gasteiger partial charge in [0.1, 0.15) is 17.8 Å². The minimum atomic E-state index is -0.172. The van der Waals surface area contributed by atoms with Crippen molar-refractivity contribution in [3.05, 3.63) is 66.5 Å². The largest absolute Gasteiger partial charge is 0.383 e. The Morgan fingerprint density at radius 2 is 1.77 bits per heavy atom. The summed E-state index contributed by atoms with van der Waals surface area (Å²) in [7, 11) is 0. The zero-order valence-corrected chi connectivity index (χ0v) is 16.2. The Morgan fingerprint density at radius 1 is 1.03 bits per heavy atom. The van der Waals surface area contributed by atoms with E-state index in [-0.39, 0.29) is 18.0 Å². The maximum absolute atomic E-state index is 12.5. The molecule has 8 heteroatoms. The van der Waals surface area contributed by atoms with Crippen LogP contribution in [0.5, 0.6) is 0 Å². The third-order valence-corrected chi connectivity index (χ3v) is 5.47. The number of benzene rings is 2. The number of hydrogen-bond donors (Lipinski definition) is 3. The summed E-state index contributed by atoms with van der Waals surface area (Å²) in [6.45, 7) is 0. The number of carbonyl (C=O) groups excluding carboxylic acids is 1. The van der Waals surface area contributed by atoms with Gasteiger partial charge >= 0.3 is 0 Å². The van der Waals surface area contributed by atoms with E-state index in [9.17, 15) is 4.79 Å². The van der Waals surface area contributed by atoms with Crippen LogP contribution in [0.25, 0.3) is 22.3 Å². The van der Waals surface area contributed by atoms with Gasteiger partial charge in [0.25, 0.3) is 5.91 Å². The summed E-state index contributed by atoms with van der Waals surface area (Å²) in [5.74, 6) is 0.213. The van der Waals surface area contributed by atoms with Crippen LogP contribution in [0.1, 0.15) is 29.2 Å². The zero-order chi connectivity index (χ0) is 20.7. The fourth-order valence-corrected chi connectivity index (χ4v) is 3.79. The second-order valence-corrected chi connectivity index (χ2v) is 7.53. The fourth-order valence-electron chi connectivity index (χ4n) is 3.79. The summed E-state index contributed by atoms with van der Waals surface area (Å²) in [5.41, 5.74) is 15.7. The maximum atomic E-state index is 12.5. The molecular formula is C22H21N7O. The number of rotatable bonds is 4. The quantitative estimate of drug-likeness (QED) is 0.484. The molecule has 0 saturated heterocycles. The number of amides is 1. The van der Waals surface area contributed by atoms with Gasteiger partial charge in [-0.3, -0.25) is 4.79 Å². The van der Waals surface area contributed by atoms with Gasteiger partial charge in [-0.2, -0.15) is 5.10 Å². The van der Waals surface area contributed by atoms with E-state index in [1.807, 2.05) is 47.1 Å². The van der Waals surface area contributed by atoms with Gasteiger partial charge in [-0.1, -0.05) is 30.3 Å². The molecule has 5 N–H and O–H groups in total. The molecule has 2 heterocycles. The molecule has 0 atom stereocenters. The summed E-state index contributed by atoms with van der Waals surface area (Å²) in [4.78, 5) is 21.1. The Kier molecular flexibility index (Phi) is 4.40. The number of hydrogen-bond acceptors (Lipinski definition) is 6. The van der Waals surface area contributed by atoms with E-state index in [0.29, 0.717) is 22.7 Å². The number of nitrogens with two attached hydrogens (primary N) is 2. The highest BCUT2D eigenvalue weighted by Gasteiger charge is 2.31. The van der Waals surface area contributed by atoms with Crippen LogP contribution in [-0.4, -0.2) is 31.7 Å². The standard InChI is InChI=1S/C22H21N7O/c23-15-10-17(11-15)29-21-18(20(24)25-12-26-21)19(28-29)13-6-8-14(9-7-13)22(30)27-16-4-2-1-3-5-16/h1-9,12,15,17H,10-11,23H2,(H,27,30)(H2,24,25,26). The van der Waals surface area contributed by atoms with Gasteiger partial charge in [0, 0.05) is 22.9 Å². The number of aromatic nitrogens is 4. The first-order valence-corrected chi connectivity index (χ1v) is 9.81. The fraction of sp³-hybridized carbons (Fsp3) is 0.182. The molecule has 0 unspecified atom stereocenters. The monoisotopic (exact) mass is 399 g/mol. The average molecular weight is 399 g/mol. The van der Waals surface area contributed by atoms with E-state index in [1.54, 1.807) is 12.1 Å². The van der Waals surface area contributed by atoms with Gasteiger partial charge in [0.05, 0.1) is 11.4 Å². The number of carbonyl (C=O) groups is 1. The number of nitrogens with one attached hydrogen (secondary N) is 1. The average Bonchev–Trinajstić information content (AvgIpc) is 3.13. The smallest absolute Gasteiger partial charge is 0.255 e. The van der Waals surface area contributed by atoms with Crippen LogP contribution in [-0.2, 0) is 0 Å². The number of nitrogens with zero attached hydrogens (tertiary/aromatic N) is 4. The van der Waals surface area contributed by atoms with Crippen LogP contribution in [0.2, 0.25) is 0 Å². The van der Waals surface area contributed by atoms with Crippen LogP contribution in [0.15, 0.2) is 60.9 Å². The first-order valence-electron chi connectivity index (χ1n) is 9.81. The van der Waals surface area contributed by atoms with Crippen molar-refractivity contribution in [1.29, 1.82) is 0 Å². The molecule has 1 aliphatic carbocycles. The molecule has 30 heavy (non-hydrogen) atoms. The molecule has 2 aromatic carbocycles. The Labute approximate surface area is 172 Å². The molecule has 1 aliphatic rings. The van der Waals surface area contributed by atoms with E-state index in [0.717, 1.165) is 29.5 Å². The maximum Gasteiger partial charge on any atom is 0.255 e. The zero-order valence-electron chi connectivity index (χ0n) is 16.2. The van der Waals surface area contributed by atoms with Crippen LogP contribution >= 0.6 is 0 Å². The lowest BCUT2D eigenvalue weighted by Crippen LogP contribution is -2.38. The van der Waals surface area contributed by atoms with Crippen molar-refractivity contribution < 1.29 is 4.79 Å². The second-order valence-electron chi connectivity index (χ2n) is 7.53. The van der Waals surface area contributed by atoms with E-state index in [1.165, 1.54) is 6.33 Å². The van der Waals surface area contributed by atoms with Crippen LogP contribution in [0, 0.1) is 0 Å². The molecule has 4 aromatic rings. The van der Waals surface area contributed by atoms with Crippen molar-refractivity contribution in [3.63, 3.8) is 0 Å². The second kappa shape index (κ2) is 7.23. The van der Waals surface area contributed by atoms with Crippen molar-refractivity contribution in [1.82, 2.24) is 19.7 Å². The molecule has 0 spiro atoms. The first-order chi connectivity index (χ1) is 14.6. The van der Waals surface area contributed by atoms with Crippen molar-refractivity contribution in [2.45, 2.75) is 24.9 Å². The van der Waals surface area contributed by atoms with E-state index in [2.05, 4.69) is 15.3 Å². The van der Waals surface area contributed by atoms with E-state index < -0.39 is 0 Å². The Balaban J connectivity index is 1.48. The summed E-state index contributed by atoms with van der Waals surface area (Å²) in [5, 5.41) is 8.40. The van der Waals surface area contributed by atoms with Gasteiger partial charge in [-0.05, 0) is 37.1 Å².